The van der Waals surface area contributed by atoms with Crippen molar-refractivity contribution in [2.75, 3.05) is 31.0 Å². The Balaban J connectivity index is 1.55. The Morgan fingerprint density at radius 2 is 1.54 bits per heavy atom. The predicted molar refractivity (Wildman–Crippen MR) is 133 cm³/mol. The number of carbonyl (C=O) groups excluding carboxylic acids is 3. The van der Waals surface area contributed by atoms with E-state index in [0.717, 1.165) is 10.5 Å². The Morgan fingerprint density at radius 3 is 2.20 bits per heavy atom. The van der Waals surface area contributed by atoms with Crippen molar-refractivity contribution in [3.8, 4) is 11.5 Å². The molecule has 1 saturated heterocycles. The third-order valence-corrected chi connectivity index (χ3v) is 5.86. The van der Waals surface area contributed by atoms with Gasteiger partial charge in [-0.2, -0.15) is 0 Å². The molecule has 1 aliphatic rings. The number of nitrogens with zero attached hydrogens (tertiary/aromatic N) is 2. The first kappa shape index (κ1) is 23.8. The molecule has 4 amide bonds. The molecule has 180 valence electrons. The topological polar surface area (TPSA) is 88.2 Å². The summed E-state index contributed by atoms with van der Waals surface area (Å²) in [5.41, 5.74) is 2.02. The van der Waals surface area contributed by atoms with Crippen molar-refractivity contribution in [3.63, 3.8) is 0 Å². The molecule has 0 radical (unpaired) electrons. The van der Waals surface area contributed by atoms with Gasteiger partial charge < -0.3 is 19.7 Å². The summed E-state index contributed by atoms with van der Waals surface area (Å²) in [5, 5.41) is 2.80. The van der Waals surface area contributed by atoms with Crippen LogP contribution in [0.4, 0.5) is 16.2 Å². The van der Waals surface area contributed by atoms with Crippen LogP contribution < -0.4 is 19.7 Å². The summed E-state index contributed by atoms with van der Waals surface area (Å²) in [5.74, 6) is 0.429. The van der Waals surface area contributed by atoms with Crippen LogP contribution in [0, 0.1) is 0 Å². The van der Waals surface area contributed by atoms with Gasteiger partial charge in [0.2, 0.25) is 5.91 Å². The highest BCUT2D eigenvalue weighted by atomic mass is 16.5. The van der Waals surface area contributed by atoms with E-state index >= 15 is 0 Å². The summed E-state index contributed by atoms with van der Waals surface area (Å²) in [4.78, 5) is 42.1. The lowest BCUT2D eigenvalue weighted by molar-refractivity contribution is -0.124. The van der Waals surface area contributed by atoms with Crippen LogP contribution in [0.25, 0.3) is 0 Å². The van der Waals surface area contributed by atoms with Crippen LogP contribution in [-0.2, 0) is 16.0 Å². The second-order valence-corrected chi connectivity index (χ2v) is 8.06. The zero-order valence-electron chi connectivity index (χ0n) is 19.6. The number of para-hydroxylation sites is 2. The molecule has 8 nitrogen and oxygen atoms in total. The Kier molecular flexibility index (Phi) is 7.30. The van der Waals surface area contributed by atoms with Crippen molar-refractivity contribution >= 4 is 29.2 Å². The molecule has 0 saturated carbocycles. The van der Waals surface area contributed by atoms with Crippen LogP contribution in [-0.4, -0.2) is 49.6 Å². The van der Waals surface area contributed by atoms with Gasteiger partial charge in [0.1, 0.15) is 6.04 Å². The Labute approximate surface area is 204 Å². The van der Waals surface area contributed by atoms with Gasteiger partial charge >= 0.3 is 6.03 Å². The van der Waals surface area contributed by atoms with Crippen molar-refractivity contribution in [3.05, 3.63) is 84.4 Å². The molecule has 3 aromatic carbocycles. The van der Waals surface area contributed by atoms with E-state index in [0.29, 0.717) is 29.3 Å². The minimum Gasteiger partial charge on any atom is -0.493 e. The molecular formula is C27H27N3O5. The van der Waals surface area contributed by atoms with Crippen molar-refractivity contribution in [2.45, 2.75) is 18.9 Å². The Morgan fingerprint density at radius 1 is 0.886 bits per heavy atom. The summed E-state index contributed by atoms with van der Waals surface area (Å²) in [6.07, 6.45) is 0.327. The highest BCUT2D eigenvalue weighted by Crippen LogP contribution is 2.30. The number of methoxy groups -OCH3 is 2. The lowest BCUT2D eigenvalue weighted by Crippen LogP contribution is -2.39. The molecular weight excluding hydrogens is 446 g/mol. The van der Waals surface area contributed by atoms with Crippen molar-refractivity contribution in [1.29, 1.82) is 0 Å². The lowest BCUT2D eigenvalue weighted by atomic mass is 10.1. The number of rotatable bonds is 9. The number of benzene rings is 3. The number of hydrogen-bond donors (Lipinski definition) is 1. The predicted octanol–water partition coefficient (Wildman–Crippen LogP) is 4.11. The summed E-state index contributed by atoms with van der Waals surface area (Å²) >= 11 is 0. The van der Waals surface area contributed by atoms with E-state index in [2.05, 4.69) is 5.32 Å². The fraction of sp³-hybridized carbons (Fsp3) is 0.222. The first-order chi connectivity index (χ1) is 17.0. The highest BCUT2D eigenvalue weighted by molar-refractivity contribution is 6.22. The molecule has 0 aromatic heterocycles. The maximum Gasteiger partial charge on any atom is 0.332 e. The molecule has 0 spiro atoms. The van der Waals surface area contributed by atoms with E-state index < -0.39 is 18.0 Å². The van der Waals surface area contributed by atoms with Crippen molar-refractivity contribution in [1.82, 2.24) is 4.90 Å². The quantitative estimate of drug-likeness (QED) is 0.473. The first-order valence-corrected chi connectivity index (χ1v) is 11.3. The Bertz CT molecular complexity index is 1200. The zero-order valence-corrected chi connectivity index (χ0v) is 19.6. The first-order valence-electron chi connectivity index (χ1n) is 11.3. The molecule has 0 bridgehead atoms. The minimum absolute atomic E-state index is 0.144. The van der Waals surface area contributed by atoms with Gasteiger partial charge in [-0.05, 0) is 48.4 Å². The number of imide groups is 1. The minimum atomic E-state index is -0.911. The normalized spacial score (nSPS) is 15.3. The molecule has 0 aliphatic carbocycles. The summed E-state index contributed by atoms with van der Waals surface area (Å²) in [6, 6.07) is 21.9. The smallest absolute Gasteiger partial charge is 0.332 e. The fourth-order valence-electron chi connectivity index (χ4n) is 4.10. The van der Waals surface area contributed by atoms with E-state index in [9.17, 15) is 14.4 Å². The Hall–Kier alpha value is -4.33. The monoisotopic (exact) mass is 473 g/mol. The standard InChI is InChI=1S/C27H27N3O5/c1-34-23-14-13-19(17-24(23)35-2)15-16-29-22(18-25(31)28-20-9-5-3-6-10-20)26(32)30(27(29)33)21-11-7-4-8-12-21/h3-14,17,22H,15-16,18H2,1-2H3,(H,28,31). The number of nitrogens with one attached hydrogen (secondary N) is 1. The number of hydrogen-bond acceptors (Lipinski definition) is 5. The van der Waals surface area contributed by atoms with Crippen LogP contribution in [0.5, 0.6) is 11.5 Å². The van der Waals surface area contributed by atoms with Gasteiger partial charge in [0.05, 0.1) is 26.3 Å². The highest BCUT2D eigenvalue weighted by Gasteiger charge is 2.46. The molecule has 35 heavy (non-hydrogen) atoms. The van der Waals surface area contributed by atoms with E-state index in [4.69, 9.17) is 9.47 Å². The maximum absolute atomic E-state index is 13.4. The van der Waals surface area contributed by atoms with E-state index in [1.165, 1.54) is 4.90 Å². The fourth-order valence-corrected chi connectivity index (χ4v) is 4.10. The van der Waals surface area contributed by atoms with Crippen LogP contribution in [0.2, 0.25) is 0 Å². The van der Waals surface area contributed by atoms with Gasteiger partial charge in [0.25, 0.3) is 5.91 Å². The van der Waals surface area contributed by atoms with Gasteiger partial charge in [-0.1, -0.05) is 42.5 Å². The van der Waals surface area contributed by atoms with Gasteiger partial charge in [0, 0.05) is 12.2 Å². The van der Waals surface area contributed by atoms with Crippen LogP contribution in [0.3, 0.4) is 0 Å². The average molecular weight is 474 g/mol. The number of ether oxygens (including phenoxy) is 2. The van der Waals surface area contributed by atoms with Gasteiger partial charge in [-0.3, -0.25) is 9.59 Å². The molecule has 8 heteroatoms. The van der Waals surface area contributed by atoms with Gasteiger partial charge in [-0.25, -0.2) is 9.69 Å². The summed E-state index contributed by atoms with van der Waals surface area (Å²) in [7, 11) is 3.12. The average Bonchev–Trinajstić information content (AvgIpc) is 3.11. The van der Waals surface area contributed by atoms with E-state index in [-0.39, 0.29) is 18.9 Å². The molecule has 1 fully saturated rings. The second-order valence-electron chi connectivity index (χ2n) is 8.06. The number of anilines is 2. The molecule has 1 aliphatic heterocycles. The summed E-state index contributed by atoms with van der Waals surface area (Å²) < 4.78 is 10.7. The number of amides is 4. The number of urea groups is 1. The largest absolute Gasteiger partial charge is 0.493 e. The summed E-state index contributed by atoms with van der Waals surface area (Å²) in [6.45, 7) is 0.257. The van der Waals surface area contributed by atoms with Crippen LogP contribution >= 0.6 is 0 Å². The number of carbonyl (C=O) groups is 3. The zero-order chi connectivity index (χ0) is 24.8. The van der Waals surface area contributed by atoms with Crippen molar-refractivity contribution < 1.29 is 23.9 Å². The van der Waals surface area contributed by atoms with Gasteiger partial charge in [-0.15, -0.1) is 0 Å². The molecule has 4 rings (SSSR count). The lowest BCUT2D eigenvalue weighted by Gasteiger charge is -2.22. The molecule has 3 aromatic rings. The third kappa shape index (κ3) is 5.27. The SMILES string of the molecule is COc1ccc(CCN2C(=O)N(c3ccccc3)C(=O)C2CC(=O)Nc2ccccc2)cc1OC. The van der Waals surface area contributed by atoms with Crippen LogP contribution in [0.1, 0.15) is 12.0 Å². The molecule has 1 N–H and O–H groups in total. The van der Waals surface area contributed by atoms with Gasteiger partial charge in [0.15, 0.2) is 11.5 Å². The third-order valence-electron chi connectivity index (χ3n) is 5.86. The molecule has 1 unspecified atom stereocenters. The molecule has 1 heterocycles. The van der Waals surface area contributed by atoms with E-state index in [1.807, 2.05) is 36.4 Å². The van der Waals surface area contributed by atoms with E-state index in [1.54, 1.807) is 56.7 Å². The van der Waals surface area contributed by atoms with Crippen molar-refractivity contribution in [2.24, 2.45) is 0 Å². The molecule has 1 atom stereocenters. The van der Waals surface area contributed by atoms with Crippen LogP contribution in [0.15, 0.2) is 78.9 Å². The second kappa shape index (κ2) is 10.7. The maximum atomic E-state index is 13.4.